The number of carbonyl (C=O) groups excluding carboxylic acids is 1. The van der Waals surface area contributed by atoms with Gasteiger partial charge in [0.25, 0.3) is 0 Å². The molecular formula is C20H28O4. The number of aromatic hydroxyl groups is 1. The molecule has 3 rings (SSSR count). The Morgan fingerprint density at radius 1 is 1.33 bits per heavy atom. The van der Waals surface area contributed by atoms with Gasteiger partial charge in [-0.05, 0) is 61.0 Å². The minimum Gasteiger partial charge on any atom is -0.507 e. The van der Waals surface area contributed by atoms with Crippen LogP contribution in [0.25, 0.3) is 0 Å². The molecule has 2 saturated carbocycles. The zero-order valence-electron chi connectivity index (χ0n) is 14.6. The number of rotatable bonds is 4. The zero-order chi connectivity index (χ0) is 17.3. The van der Waals surface area contributed by atoms with Crippen LogP contribution in [-0.4, -0.2) is 28.9 Å². The van der Waals surface area contributed by atoms with Gasteiger partial charge < -0.3 is 14.9 Å². The summed E-state index contributed by atoms with van der Waals surface area (Å²) in [7, 11) is 0. The molecule has 24 heavy (non-hydrogen) atoms. The summed E-state index contributed by atoms with van der Waals surface area (Å²) in [6.45, 7) is 4.80. The Morgan fingerprint density at radius 2 is 2.08 bits per heavy atom. The highest BCUT2D eigenvalue weighted by molar-refractivity contribution is 5.92. The largest absolute Gasteiger partial charge is 0.507 e. The van der Waals surface area contributed by atoms with Crippen molar-refractivity contribution in [3.05, 3.63) is 29.8 Å². The highest BCUT2D eigenvalue weighted by atomic mass is 16.5. The third-order valence-corrected chi connectivity index (χ3v) is 6.45. The fourth-order valence-electron chi connectivity index (χ4n) is 5.17. The first-order chi connectivity index (χ1) is 11.4. The molecule has 4 nitrogen and oxygen atoms in total. The SMILES string of the molecule is C[C@H](COC(=O)c1ccccc1O)[C@H]1CC[C@H]2[C@@H](O)CCC[C@]12C. The van der Waals surface area contributed by atoms with Crippen molar-refractivity contribution in [2.75, 3.05) is 6.61 Å². The molecule has 0 aromatic heterocycles. The molecule has 0 heterocycles. The molecule has 0 unspecified atom stereocenters. The number of ether oxygens (including phenoxy) is 1. The third-order valence-electron chi connectivity index (χ3n) is 6.45. The van der Waals surface area contributed by atoms with E-state index in [4.69, 9.17) is 4.74 Å². The molecule has 0 spiro atoms. The molecule has 0 bridgehead atoms. The smallest absolute Gasteiger partial charge is 0.341 e. The van der Waals surface area contributed by atoms with Crippen LogP contribution in [0.5, 0.6) is 5.75 Å². The maximum absolute atomic E-state index is 12.2. The molecule has 1 aromatic rings. The van der Waals surface area contributed by atoms with Gasteiger partial charge in [0.15, 0.2) is 0 Å². The lowest BCUT2D eigenvalue weighted by Gasteiger charge is -2.45. The van der Waals surface area contributed by atoms with Gasteiger partial charge in [0, 0.05) is 0 Å². The predicted octanol–water partition coefficient (Wildman–Crippen LogP) is 3.76. The van der Waals surface area contributed by atoms with Crippen molar-refractivity contribution >= 4 is 5.97 Å². The Balaban J connectivity index is 1.62. The lowest BCUT2D eigenvalue weighted by atomic mass is 9.62. The van der Waals surface area contributed by atoms with E-state index in [0.717, 1.165) is 32.1 Å². The van der Waals surface area contributed by atoms with Crippen LogP contribution in [0.15, 0.2) is 24.3 Å². The first-order valence-corrected chi connectivity index (χ1v) is 9.06. The van der Waals surface area contributed by atoms with Crippen LogP contribution in [0, 0.1) is 23.2 Å². The van der Waals surface area contributed by atoms with Crippen LogP contribution in [0.3, 0.4) is 0 Å². The van der Waals surface area contributed by atoms with Gasteiger partial charge in [-0.25, -0.2) is 4.79 Å². The molecule has 0 aliphatic heterocycles. The second-order valence-electron chi connectivity index (χ2n) is 7.85. The quantitative estimate of drug-likeness (QED) is 0.824. The average Bonchev–Trinajstić information content (AvgIpc) is 2.91. The van der Waals surface area contributed by atoms with Gasteiger partial charge in [0.05, 0.1) is 12.7 Å². The average molecular weight is 332 g/mol. The van der Waals surface area contributed by atoms with Crippen LogP contribution < -0.4 is 0 Å². The molecule has 1 aromatic carbocycles. The number of carbonyl (C=O) groups is 1. The van der Waals surface area contributed by atoms with Gasteiger partial charge in [-0.2, -0.15) is 0 Å². The predicted molar refractivity (Wildman–Crippen MR) is 91.7 cm³/mol. The first kappa shape index (κ1) is 17.3. The fourth-order valence-corrected chi connectivity index (χ4v) is 5.17. The Kier molecular flexibility index (Phi) is 4.86. The highest BCUT2D eigenvalue weighted by Gasteiger charge is 2.52. The molecular weight excluding hydrogens is 304 g/mol. The van der Waals surface area contributed by atoms with Crippen LogP contribution >= 0.6 is 0 Å². The van der Waals surface area contributed by atoms with Gasteiger partial charge in [-0.1, -0.05) is 32.4 Å². The minimum atomic E-state index is -0.469. The number of benzene rings is 1. The van der Waals surface area contributed by atoms with E-state index in [1.807, 2.05) is 0 Å². The van der Waals surface area contributed by atoms with Gasteiger partial charge in [0.2, 0.25) is 0 Å². The van der Waals surface area contributed by atoms with Gasteiger partial charge in [-0.3, -0.25) is 0 Å². The van der Waals surface area contributed by atoms with Crippen LogP contribution in [-0.2, 0) is 4.74 Å². The van der Waals surface area contributed by atoms with Crippen molar-refractivity contribution in [2.45, 2.75) is 52.1 Å². The molecule has 132 valence electrons. The number of fused-ring (bicyclic) bond motifs is 1. The van der Waals surface area contributed by atoms with E-state index in [1.165, 1.54) is 6.07 Å². The van der Waals surface area contributed by atoms with Crippen molar-refractivity contribution < 1.29 is 19.7 Å². The van der Waals surface area contributed by atoms with Crippen LogP contribution in [0.2, 0.25) is 0 Å². The summed E-state index contributed by atoms with van der Waals surface area (Å²) in [5.74, 6) is 0.587. The van der Waals surface area contributed by atoms with E-state index in [2.05, 4.69) is 13.8 Å². The molecule has 2 aliphatic carbocycles. The van der Waals surface area contributed by atoms with Crippen molar-refractivity contribution in [1.29, 1.82) is 0 Å². The second kappa shape index (κ2) is 6.75. The van der Waals surface area contributed by atoms with E-state index in [1.54, 1.807) is 18.2 Å². The maximum atomic E-state index is 12.2. The number of phenols is 1. The lowest BCUT2D eigenvalue weighted by Crippen LogP contribution is -2.42. The van der Waals surface area contributed by atoms with Crippen molar-refractivity contribution in [1.82, 2.24) is 0 Å². The van der Waals surface area contributed by atoms with Crippen LogP contribution in [0.1, 0.15) is 56.3 Å². The van der Waals surface area contributed by atoms with Crippen molar-refractivity contribution in [2.24, 2.45) is 23.2 Å². The maximum Gasteiger partial charge on any atom is 0.341 e. The molecule has 4 heteroatoms. The number of phenolic OH excluding ortho intramolecular Hbond substituents is 1. The Morgan fingerprint density at radius 3 is 2.83 bits per heavy atom. The summed E-state index contributed by atoms with van der Waals surface area (Å²) < 4.78 is 5.47. The van der Waals surface area contributed by atoms with Gasteiger partial charge in [0.1, 0.15) is 11.3 Å². The number of esters is 1. The van der Waals surface area contributed by atoms with Gasteiger partial charge in [-0.15, -0.1) is 0 Å². The van der Waals surface area contributed by atoms with E-state index in [9.17, 15) is 15.0 Å². The summed E-state index contributed by atoms with van der Waals surface area (Å²) in [6, 6.07) is 6.47. The van der Waals surface area contributed by atoms with E-state index < -0.39 is 5.97 Å². The summed E-state index contributed by atoms with van der Waals surface area (Å²) in [4.78, 5) is 12.2. The molecule has 0 radical (unpaired) electrons. The number of hydrogen-bond acceptors (Lipinski definition) is 4. The minimum absolute atomic E-state index is 0.0431. The van der Waals surface area contributed by atoms with Crippen LogP contribution in [0.4, 0.5) is 0 Å². The number of para-hydroxylation sites is 1. The Bertz CT molecular complexity index is 599. The standard InChI is InChI=1S/C20H28O4/c1-13(12-24-19(23)14-6-3-4-7-17(14)21)15-9-10-16-18(22)8-5-11-20(15,16)2/h3-4,6-7,13,15-16,18,21-22H,5,8-12H2,1-2H3/t13-,15-,16+,18+,20-/m1/s1. The zero-order valence-corrected chi connectivity index (χ0v) is 14.6. The summed E-state index contributed by atoms with van der Waals surface area (Å²) in [5.41, 5.74) is 0.367. The number of aliphatic hydroxyl groups is 1. The number of hydrogen-bond donors (Lipinski definition) is 2. The normalized spacial score (nSPS) is 33.7. The van der Waals surface area contributed by atoms with E-state index >= 15 is 0 Å². The number of aliphatic hydroxyl groups excluding tert-OH is 1. The second-order valence-corrected chi connectivity index (χ2v) is 7.85. The Labute approximate surface area is 143 Å². The molecule has 5 atom stereocenters. The topological polar surface area (TPSA) is 66.8 Å². The first-order valence-electron chi connectivity index (χ1n) is 9.06. The monoisotopic (exact) mass is 332 g/mol. The van der Waals surface area contributed by atoms with Gasteiger partial charge >= 0.3 is 5.97 Å². The van der Waals surface area contributed by atoms with E-state index in [0.29, 0.717) is 18.4 Å². The summed E-state index contributed by atoms with van der Waals surface area (Å²) >= 11 is 0. The summed E-state index contributed by atoms with van der Waals surface area (Å²) in [5, 5.41) is 20.1. The molecule has 2 aliphatic rings. The molecule has 0 amide bonds. The highest BCUT2D eigenvalue weighted by Crippen LogP contribution is 2.57. The van der Waals surface area contributed by atoms with E-state index in [-0.39, 0.29) is 28.7 Å². The molecule has 2 N–H and O–H groups in total. The Hall–Kier alpha value is -1.55. The molecule has 0 saturated heterocycles. The summed E-state index contributed by atoms with van der Waals surface area (Å²) in [6.07, 6.45) is 5.13. The van der Waals surface area contributed by atoms with Crippen molar-refractivity contribution in [3.8, 4) is 5.75 Å². The third kappa shape index (κ3) is 3.04. The fraction of sp³-hybridized carbons (Fsp3) is 0.650. The van der Waals surface area contributed by atoms with Crippen molar-refractivity contribution in [3.63, 3.8) is 0 Å². The molecule has 2 fully saturated rings. The lowest BCUT2D eigenvalue weighted by molar-refractivity contribution is -0.0347.